The van der Waals surface area contributed by atoms with Crippen molar-refractivity contribution in [3.05, 3.63) is 46.7 Å². The lowest BCUT2D eigenvalue weighted by atomic mass is 10.2. The third-order valence-corrected chi connectivity index (χ3v) is 3.53. The summed E-state index contributed by atoms with van der Waals surface area (Å²) in [5, 5.41) is 9.80. The Morgan fingerprint density at radius 3 is 2.78 bits per heavy atom. The van der Waals surface area contributed by atoms with Crippen molar-refractivity contribution in [3.63, 3.8) is 0 Å². The van der Waals surface area contributed by atoms with Crippen molar-refractivity contribution in [2.75, 3.05) is 0 Å². The zero-order valence-electron chi connectivity index (χ0n) is 9.42. The number of rotatable bonds is 3. The third-order valence-electron chi connectivity index (χ3n) is 2.15. The van der Waals surface area contributed by atoms with Crippen LogP contribution in [0.25, 0.3) is 0 Å². The molecule has 0 atom stereocenters. The van der Waals surface area contributed by atoms with E-state index < -0.39 is 5.97 Å². The zero-order chi connectivity index (χ0) is 13.1. The van der Waals surface area contributed by atoms with Crippen molar-refractivity contribution in [1.82, 2.24) is 9.97 Å². The predicted octanol–water partition coefficient (Wildman–Crippen LogP) is 3.29. The second-order valence-corrected chi connectivity index (χ2v) is 4.95. The molecule has 0 unspecified atom stereocenters. The van der Waals surface area contributed by atoms with E-state index in [0.717, 1.165) is 10.6 Å². The first-order valence-electron chi connectivity index (χ1n) is 5.06. The van der Waals surface area contributed by atoms with E-state index in [1.807, 2.05) is 6.92 Å². The maximum atomic E-state index is 10.8. The Hall–Kier alpha value is -1.59. The summed E-state index contributed by atoms with van der Waals surface area (Å²) in [6, 6.07) is 6.38. The van der Waals surface area contributed by atoms with Crippen LogP contribution in [0, 0.1) is 6.92 Å². The van der Waals surface area contributed by atoms with E-state index in [9.17, 15) is 4.79 Å². The Kier molecular flexibility index (Phi) is 3.84. The van der Waals surface area contributed by atoms with Gasteiger partial charge in [0.05, 0.1) is 10.6 Å². The zero-order valence-corrected chi connectivity index (χ0v) is 11.0. The van der Waals surface area contributed by atoms with Crippen molar-refractivity contribution < 1.29 is 9.90 Å². The maximum Gasteiger partial charge on any atom is 0.335 e. The molecule has 2 rings (SSSR count). The molecule has 0 aliphatic heterocycles. The largest absolute Gasteiger partial charge is 0.478 e. The average molecular weight is 281 g/mol. The van der Waals surface area contributed by atoms with Crippen LogP contribution in [0.3, 0.4) is 0 Å². The fourth-order valence-electron chi connectivity index (χ4n) is 1.29. The smallest absolute Gasteiger partial charge is 0.335 e. The van der Waals surface area contributed by atoms with Crippen LogP contribution in [0.4, 0.5) is 0 Å². The highest BCUT2D eigenvalue weighted by atomic mass is 35.5. The van der Waals surface area contributed by atoms with E-state index in [4.69, 9.17) is 16.7 Å². The minimum Gasteiger partial charge on any atom is -0.478 e. The van der Waals surface area contributed by atoms with Crippen LogP contribution in [0.15, 0.2) is 40.5 Å². The van der Waals surface area contributed by atoms with E-state index in [1.54, 1.807) is 18.3 Å². The number of hydrogen-bond acceptors (Lipinski definition) is 4. The molecule has 0 aliphatic rings. The van der Waals surface area contributed by atoms with Gasteiger partial charge in [-0.15, -0.1) is 0 Å². The number of carboxylic acids is 1. The van der Waals surface area contributed by atoms with E-state index in [-0.39, 0.29) is 5.56 Å². The number of carboxylic acid groups (broad SMARTS) is 1. The van der Waals surface area contributed by atoms with E-state index in [1.165, 1.54) is 23.9 Å². The van der Waals surface area contributed by atoms with Crippen LogP contribution in [0.2, 0.25) is 5.02 Å². The van der Waals surface area contributed by atoms with E-state index in [0.29, 0.717) is 10.2 Å². The second-order valence-electron chi connectivity index (χ2n) is 3.53. The van der Waals surface area contributed by atoms with E-state index >= 15 is 0 Å². The molecule has 1 aromatic carbocycles. The Labute approximate surface area is 113 Å². The molecule has 0 bridgehead atoms. The van der Waals surface area contributed by atoms with Gasteiger partial charge in [0, 0.05) is 16.8 Å². The van der Waals surface area contributed by atoms with Crippen molar-refractivity contribution >= 4 is 29.3 Å². The van der Waals surface area contributed by atoms with E-state index in [2.05, 4.69) is 9.97 Å². The summed E-state index contributed by atoms with van der Waals surface area (Å²) in [4.78, 5) is 19.9. The molecule has 0 aliphatic carbocycles. The normalized spacial score (nSPS) is 10.3. The van der Waals surface area contributed by atoms with Crippen LogP contribution in [-0.4, -0.2) is 21.0 Å². The van der Waals surface area contributed by atoms with Crippen LogP contribution in [0.5, 0.6) is 0 Å². The molecule has 18 heavy (non-hydrogen) atoms. The second kappa shape index (κ2) is 5.37. The summed E-state index contributed by atoms with van der Waals surface area (Å²) in [5.41, 5.74) is 1.03. The summed E-state index contributed by atoms with van der Waals surface area (Å²) in [6.07, 6.45) is 1.67. The summed E-state index contributed by atoms with van der Waals surface area (Å²) < 4.78 is 0. The summed E-state index contributed by atoms with van der Waals surface area (Å²) in [6.45, 7) is 1.88. The van der Waals surface area contributed by atoms with Gasteiger partial charge in [-0.1, -0.05) is 11.6 Å². The van der Waals surface area contributed by atoms with Gasteiger partial charge in [0.25, 0.3) is 0 Å². The fourth-order valence-corrected chi connectivity index (χ4v) is 2.38. The summed E-state index contributed by atoms with van der Waals surface area (Å²) >= 11 is 7.33. The monoisotopic (exact) mass is 280 g/mol. The molecule has 1 N–H and O–H groups in total. The van der Waals surface area contributed by atoms with Gasteiger partial charge in [0.1, 0.15) is 0 Å². The fraction of sp³-hybridized carbons (Fsp3) is 0.0833. The minimum absolute atomic E-state index is 0.162. The number of hydrogen-bond donors (Lipinski definition) is 1. The molecule has 0 saturated heterocycles. The highest BCUT2D eigenvalue weighted by molar-refractivity contribution is 7.99. The lowest BCUT2D eigenvalue weighted by Gasteiger charge is -2.04. The molecule has 4 nitrogen and oxygen atoms in total. The number of aromatic carboxylic acids is 1. The minimum atomic E-state index is -1.000. The molecule has 92 valence electrons. The van der Waals surface area contributed by atoms with Crippen LogP contribution >= 0.6 is 23.4 Å². The predicted molar refractivity (Wildman–Crippen MR) is 69.3 cm³/mol. The molecule has 0 spiro atoms. The van der Waals surface area contributed by atoms with Gasteiger partial charge in [-0.3, -0.25) is 0 Å². The Morgan fingerprint density at radius 2 is 2.17 bits per heavy atom. The van der Waals surface area contributed by atoms with Gasteiger partial charge >= 0.3 is 5.97 Å². The first-order valence-corrected chi connectivity index (χ1v) is 6.26. The maximum absolute atomic E-state index is 10.8. The van der Waals surface area contributed by atoms with Crippen LogP contribution in [0.1, 0.15) is 16.1 Å². The standard InChI is InChI=1S/C12H9ClN2O2S/c1-7-4-5-14-12(15-7)18-10-3-2-8(11(16)17)6-9(10)13/h2-6H,1H3,(H,16,17). The molecule has 0 amide bonds. The Bertz CT molecular complexity index is 604. The van der Waals surface area contributed by atoms with Gasteiger partial charge < -0.3 is 5.11 Å². The van der Waals surface area contributed by atoms with Crippen molar-refractivity contribution in [3.8, 4) is 0 Å². The Balaban J connectivity index is 2.27. The lowest BCUT2D eigenvalue weighted by molar-refractivity contribution is 0.0697. The number of aromatic nitrogens is 2. The molecule has 0 saturated carbocycles. The van der Waals surface area contributed by atoms with Gasteiger partial charge in [-0.2, -0.15) is 0 Å². The van der Waals surface area contributed by atoms with Crippen molar-refractivity contribution in [2.24, 2.45) is 0 Å². The van der Waals surface area contributed by atoms with Crippen molar-refractivity contribution in [1.29, 1.82) is 0 Å². The molecule has 0 fully saturated rings. The van der Waals surface area contributed by atoms with Crippen LogP contribution in [-0.2, 0) is 0 Å². The van der Waals surface area contributed by atoms with Gasteiger partial charge in [-0.05, 0) is 43.0 Å². The molecule has 1 heterocycles. The number of aryl methyl sites for hydroxylation is 1. The SMILES string of the molecule is Cc1ccnc(Sc2ccc(C(=O)O)cc2Cl)n1. The first kappa shape index (κ1) is 12.9. The quantitative estimate of drug-likeness (QED) is 0.874. The average Bonchev–Trinajstić information content (AvgIpc) is 2.31. The molecule has 6 heteroatoms. The van der Waals surface area contributed by atoms with Crippen molar-refractivity contribution in [2.45, 2.75) is 17.0 Å². The van der Waals surface area contributed by atoms with Gasteiger partial charge in [0.15, 0.2) is 5.16 Å². The van der Waals surface area contributed by atoms with Gasteiger partial charge in [-0.25, -0.2) is 14.8 Å². The molecule has 1 aromatic heterocycles. The topological polar surface area (TPSA) is 63.1 Å². The number of nitrogens with zero attached hydrogens (tertiary/aromatic N) is 2. The lowest BCUT2D eigenvalue weighted by Crippen LogP contribution is -1.96. The Morgan fingerprint density at radius 1 is 1.39 bits per heavy atom. The van der Waals surface area contributed by atoms with Crippen LogP contribution < -0.4 is 0 Å². The highest BCUT2D eigenvalue weighted by Crippen LogP contribution is 2.31. The summed E-state index contributed by atoms with van der Waals surface area (Å²) in [5.74, 6) is -1.000. The molecular formula is C12H9ClN2O2S. The number of carbonyl (C=O) groups is 1. The third kappa shape index (κ3) is 3.00. The molecule has 2 aromatic rings. The van der Waals surface area contributed by atoms with Gasteiger partial charge in [0.2, 0.25) is 0 Å². The summed E-state index contributed by atoms with van der Waals surface area (Å²) in [7, 11) is 0. The molecule has 0 radical (unpaired) electrons. The molecular weight excluding hydrogens is 272 g/mol. The highest BCUT2D eigenvalue weighted by Gasteiger charge is 2.09. The number of halogens is 1. The number of benzene rings is 1. The first-order chi connectivity index (χ1) is 8.56.